The molecule has 0 spiro atoms. The number of benzene rings is 4. The Labute approximate surface area is 289 Å². The average molecular weight is 690 g/mol. The zero-order valence-electron chi connectivity index (χ0n) is 26.0. The number of carbonyl (C=O) groups is 4. The topological polar surface area (TPSA) is 140 Å². The van der Waals surface area contributed by atoms with Gasteiger partial charge in [0, 0.05) is 21.8 Å². The molecule has 0 saturated carbocycles. The highest BCUT2D eigenvalue weighted by Gasteiger charge is 2.22. The van der Waals surface area contributed by atoms with Crippen molar-refractivity contribution in [1.82, 2.24) is 5.32 Å². The van der Waals surface area contributed by atoms with Crippen LogP contribution in [0.2, 0.25) is 0 Å². The van der Waals surface area contributed by atoms with E-state index in [1.807, 2.05) is 6.07 Å². The smallest absolute Gasteiger partial charge is 0.272 e. The van der Waals surface area contributed by atoms with Crippen LogP contribution in [0.3, 0.4) is 0 Å². The van der Waals surface area contributed by atoms with Crippen LogP contribution in [0.1, 0.15) is 36.7 Å². The van der Waals surface area contributed by atoms with Crippen LogP contribution >= 0.6 is 23.1 Å². The second-order valence-corrected chi connectivity index (χ2v) is 12.5. The maximum Gasteiger partial charge on any atom is 0.272 e. The van der Waals surface area contributed by atoms with Crippen molar-refractivity contribution in [3.05, 3.63) is 148 Å². The van der Waals surface area contributed by atoms with Crippen molar-refractivity contribution in [2.75, 3.05) is 21.7 Å². The van der Waals surface area contributed by atoms with Crippen LogP contribution in [-0.4, -0.2) is 29.4 Å². The summed E-state index contributed by atoms with van der Waals surface area (Å²) in [7, 11) is 0. The summed E-state index contributed by atoms with van der Waals surface area (Å²) in [5.41, 5.74) is 2.49. The maximum absolute atomic E-state index is 13.5. The molecule has 244 valence electrons. The van der Waals surface area contributed by atoms with Crippen molar-refractivity contribution in [3.63, 3.8) is 0 Å². The van der Waals surface area contributed by atoms with Crippen molar-refractivity contribution in [2.24, 2.45) is 0 Å². The largest absolute Gasteiger partial charge is 0.321 e. The first kappa shape index (κ1) is 34.3. The van der Waals surface area contributed by atoms with E-state index < -0.39 is 17.6 Å². The molecule has 12 heteroatoms. The number of carbonyl (C=O) groups excluding carboxylic acids is 4. The van der Waals surface area contributed by atoms with Gasteiger partial charge in [-0.2, -0.15) is 5.26 Å². The molecule has 0 aliphatic heterocycles. The molecule has 1 heterocycles. The number of nitrogens with zero attached hydrogens (tertiary/aromatic N) is 1. The van der Waals surface area contributed by atoms with Gasteiger partial charge in [0.2, 0.25) is 5.91 Å². The minimum Gasteiger partial charge on any atom is -0.321 e. The van der Waals surface area contributed by atoms with Crippen molar-refractivity contribution in [1.29, 1.82) is 5.26 Å². The SMILES string of the molecule is Cc1c(C(=O)Nc2ccccc2)sc(NC(=O)CSc2cccc(NC(=O)/C(=C\c3ccc(F)cc3)NC(=O)c3ccccc3)c2)c1C#N. The Hall–Kier alpha value is -6.03. The molecule has 9 nitrogen and oxygen atoms in total. The van der Waals surface area contributed by atoms with Crippen molar-refractivity contribution < 1.29 is 23.6 Å². The molecule has 0 radical (unpaired) electrons. The lowest BCUT2D eigenvalue weighted by atomic mass is 10.1. The van der Waals surface area contributed by atoms with Crippen LogP contribution in [0.15, 0.2) is 120 Å². The van der Waals surface area contributed by atoms with Crippen LogP contribution in [0.25, 0.3) is 6.08 Å². The molecule has 0 unspecified atom stereocenters. The minimum atomic E-state index is -0.613. The summed E-state index contributed by atoms with van der Waals surface area (Å²) in [5, 5.41) is 21.0. The van der Waals surface area contributed by atoms with Gasteiger partial charge in [-0.1, -0.05) is 54.6 Å². The molecule has 4 N–H and O–H groups in total. The summed E-state index contributed by atoms with van der Waals surface area (Å²) >= 11 is 2.23. The molecular formula is C37H28FN5O4S2. The van der Waals surface area contributed by atoms with Gasteiger partial charge in [-0.25, -0.2) is 4.39 Å². The first-order valence-electron chi connectivity index (χ1n) is 14.8. The Balaban J connectivity index is 1.24. The fraction of sp³-hybridized carbons (Fsp3) is 0.0541. The Kier molecular flexibility index (Phi) is 11.3. The van der Waals surface area contributed by atoms with E-state index in [1.54, 1.807) is 85.8 Å². The number of nitriles is 1. The van der Waals surface area contributed by atoms with Gasteiger partial charge in [0.25, 0.3) is 17.7 Å². The fourth-order valence-electron chi connectivity index (χ4n) is 4.50. The van der Waals surface area contributed by atoms with Crippen molar-refractivity contribution >= 4 is 69.2 Å². The van der Waals surface area contributed by atoms with Gasteiger partial charge in [0.1, 0.15) is 22.6 Å². The average Bonchev–Trinajstić information content (AvgIpc) is 3.43. The summed E-state index contributed by atoms with van der Waals surface area (Å²) in [6, 6.07) is 31.7. The van der Waals surface area contributed by atoms with E-state index in [4.69, 9.17) is 0 Å². The van der Waals surface area contributed by atoms with Crippen LogP contribution < -0.4 is 21.3 Å². The number of thioether (sulfide) groups is 1. The molecule has 0 saturated heterocycles. The van der Waals surface area contributed by atoms with E-state index in [1.165, 1.54) is 42.1 Å². The minimum absolute atomic E-state index is 0.0202. The lowest BCUT2D eigenvalue weighted by molar-refractivity contribution is -0.114. The van der Waals surface area contributed by atoms with E-state index in [0.29, 0.717) is 37.8 Å². The zero-order chi connectivity index (χ0) is 34.8. The Bertz CT molecular complexity index is 2080. The van der Waals surface area contributed by atoms with E-state index >= 15 is 0 Å². The van der Waals surface area contributed by atoms with Gasteiger partial charge in [-0.15, -0.1) is 23.1 Å². The maximum atomic E-state index is 13.5. The van der Waals surface area contributed by atoms with Gasteiger partial charge < -0.3 is 21.3 Å². The predicted molar refractivity (Wildman–Crippen MR) is 191 cm³/mol. The summed E-state index contributed by atoms with van der Waals surface area (Å²) in [6.45, 7) is 1.66. The first-order chi connectivity index (χ1) is 23.7. The van der Waals surface area contributed by atoms with Crippen molar-refractivity contribution in [3.8, 4) is 6.07 Å². The van der Waals surface area contributed by atoms with Gasteiger partial charge >= 0.3 is 0 Å². The molecule has 0 fully saturated rings. The standard InChI is InChI=1S/C37H28FN5O4S2/c1-23-30(21-39)37(49-33(23)36(47)40-27-11-6-3-7-12-27)43-32(44)22-48-29-14-8-13-28(20-29)41-35(46)31(19-24-15-17-26(38)18-16-24)42-34(45)25-9-4-2-5-10-25/h2-20H,22H2,1H3,(H,40,47)(H,41,46)(H,42,45)(H,43,44)/b31-19+. The number of halogens is 1. The van der Waals surface area contributed by atoms with Gasteiger partial charge in [-0.3, -0.25) is 19.2 Å². The van der Waals surface area contributed by atoms with Crippen LogP contribution in [0.4, 0.5) is 20.8 Å². The molecule has 0 aliphatic rings. The predicted octanol–water partition coefficient (Wildman–Crippen LogP) is 7.46. The van der Waals surface area contributed by atoms with Crippen LogP contribution in [0.5, 0.6) is 0 Å². The zero-order valence-corrected chi connectivity index (χ0v) is 27.6. The van der Waals surface area contributed by atoms with E-state index in [-0.39, 0.29) is 33.8 Å². The molecule has 0 atom stereocenters. The molecule has 0 bridgehead atoms. The fourth-order valence-corrected chi connectivity index (χ4v) is 6.33. The van der Waals surface area contributed by atoms with E-state index in [9.17, 15) is 28.8 Å². The van der Waals surface area contributed by atoms with Crippen LogP contribution in [0, 0.1) is 24.1 Å². The third kappa shape index (κ3) is 9.29. The summed E-state index contributed by atoms with van der Waals surface area (Å²) < 4.78 is 13.5. The lowest BCUT2D eigenvalue weighted by Crippen LogP contribution is -2.30. The Morgan fingerprint density at radius 1 is 0.816 bits per heavy atom. The number of amides is 4. The number of nitrogens with one attached hydrogen (secondary N) is 4. The third-order valence-electron chi connectivity index (χ3n) is 6.92. The van der Waals surface area contributed by atoms with E-state index in [2.05, 4.69) is 27.3 Å². The number of para-hydroxylation sites is 1. The molecule has 1 aromatic heterocycles. The van der Waals surface area contributed by atoms with Gasteiger partial charge in [-0.05, 0) is 78.7 Å². The molecule has 4 amide bonds. The lowest BCUT2D eigenvalue weighted by Gasteiger charge is -2.12. The molecule has 5 rings (SSSR count). The molecule has 0 aliphatic carbocycles. The highest BCUT2D eigenvalue weighted by atomic mass is 32.2. The molecule has 49 heavy (non-hydrogen) atoms. The molecule has 4 aromatic carbocycles. The number of rotatable bonds is 11. The quantitative estimate of drug-likeness (QED) is 0.0839. The normalized spacial score (nSPS) is 10.8. The molecular weight excluding hydrogens is 662 g/mol. The highest BCUT2D eigenvalue weighted by molar-refractivity contribution is 8.00. The second kappa shape index (κ2) is 16.2. The van der Waals surface area contributed by atoms with E-state index in [0.717, 1.165) is 11.3 Å². The first-order valence-corrected chi connectivity index (χ1v) is 16.6. The summed E-state index contributed by atoms with van der Waals surface area (Å²) in [4.78, 5) is 53.1. The molecule has 5 aromatic rings. The van der Waals surface area contributed by atoms with Gasteiger partial charge in [0.05, 0.1) is 16.2 Å². The second-order valence-electron chi connectivity index (χ2n) is 10.4. The summed E-state index contributed by atoms with van der Waals surface area (Å²) in [6.07, 6.45) is 1.44. The van der Waals surface area contributed by atoms with Crippen LogP contribution in [-0.2, 0) is 9.59 Å². The summed E-state index contributed by atoms with van der Waals surface area (Å²) in [5.74, 6) is -2.34. The number of thiophene rings is 1. The monoisotopic (exact) mass is 689 g/mol. The third-order valence-corrected chi connectivity index (χ3v) is 9.12. The number of hydrogen-bond acceptors (Lipinski definition) is 7. The number of hydrogen-bond donors (Lipinski definition) is 4. The highest BCUT2D eigenvalue weighted by Crippen LogP contribution is 2.33. The number of anilines is 3. The van der Waals surface area contributed by atoms with Gasteiger partial charge in [0.15, 0.2) is 0 Å². The Morgan fingerprint density at radius 3 is 2.18 bits per heavy atom. The Morgan fingerprint density at radius 2 is 1.49 bits per heavy atom. The van der Waals surface area contributed by atoms with Crippen molar-refractivity contribution in [2.45, 2.75) is 11.8 Å².